The van der Waals surface area contributed by atoms with Gasteiger partial charge in [0.25, 0.3) is 0 Å². The molecule has 0 amide bonds. The van der Waals surface area contributed by atoms with E-state index in [1.807, 2.05) is 6.21 Å². The number of carbonyl (C=O) groups excluding carboxylic acids is 1. The van der Waals surface area contributed by atoms with Gasteiger partial charge < -0.3 is 9.13 Å². The highest BCUT2D eigenvalue weighted by Gasteiger charge is 2.33. The van der Waals surface area contributed by atoms with Crippen molar-refractivity contribution in [3.05, 3.63) is 0 Å². The fraction of sp³-hybridized carbons (Fsp3) is 0.800. The van der Waals surface area contributed by atoms with Crippen molar-refractivity contribution in [3.63, 3.8) is 0 Å². The van der Waals surface area contributed by atoms with Gasteiger partial charge in [0.15, 0.2) is 16.5 Å². The molecule has 0 aliphatic carbocycles. The lowest BCUT2D eigenvalue weighted by Crippen LogP contribution is -2.55. The molecule has 0 aromatic rings. The summed E-state index contributed by atoms with van der Waals surface area (Å²) in [6.07, 6.45) is 4.17. The molecule has 0 N–H and O–H groups in total. The SMILES string of the molecule is C[Si](C)(C)N(/N=C/CCC=O)[Si](C)(C)C. The number of aldehydes is 1. The van der Waals surface area contributed by atoms with Crippen LogP contribution in [-0.4, -0.2) is 33.3 Å². The molecule has 0 heterocycles. The van der Waals surface area contributed by atoms with E-state index in [1.54, 1.807) is 0 Å². The van der Waals surface area contributed by atoms with Crippen molar-refractivity contribution in [2.24, 2.45) is 5.10 Å². The van der Waals surface area contributed by atoms with Crippen LogP contribution in [0.2, 0.25) is 39.3 Å². The highest BCUT2D eigenvalue weighted by molar-refractivity contribution is 6.89. The zero-order chi connectivity index (χ0) is 12.1. The van der Waals surface area contributed by atoms with Crippen molar-refractivity contribution in [3.8, 4) is 0 Å². The summed E-state index contributed by atoms with van der Waals surface area (Å²) in [4.78, 5) is 10.2. The summed E-state index contributed by atoms with van der Waals surface area (Å²) in [6.45, 7) is 13.8. The van der Waals surface area contributed by atoms with Gasteiger partial charge in [-0.1, -0.05) is 39.3 Å². The molecule has 0 bridgehead atoms. The number of hydrazone groups is 1. The monoisotopic (exact) mass is 244 g/mol. The van der Waals surface area contributed by atoms with Crippen molar-refractivity contribution in [1.82, 2.24) is 4.34 Å². The molecule has 0 aliphatic heterocycles. The smallest absolute Gasteiger partial charge is 0.158 e. The molecular weight excluding hydrogens is 220 g/mol. The summed E-state index contributed by atoms with van der Waals surface area (Å²) in [6, 6.07) is 0. The van der Waals surface area contributed by atoms with Crippen LogP contribution in [0.3, 0.4) is 0 Å². The van der Waals surface area contributed by atoms with Gasteiger partial charge in [0.2, 0.25) is 0 Å². The van der Waals surface area contributed by atoms with Crippen molar-refractivity contribution in [1.29, 1.82) is 0 Å². The summed E-state index contributed by atoms with van der Waals surface area (Å²) >= 11 is 0. The second-order valence-electron chi connectivity index (χ2n) is 5.70. The minimum absolute atomic E-state index is 0.578. The molecule has 88 valence electrons. The van der Waals surface area contributed by atoms with Crippen molar-refractivity contribution >= 4 is 29.0 Å². The van der Waals surface area contributed by atoms with Crippen LogP contribution in [0.15, 0.2) is 5.10 Å². The molecule has 0 aromatic heterocycles. The summed E-state index contributed by atoms with van der Waals surface area (Å²) < 4.78 is 2.35. The number of nitrogens with zero attached hydrogens (tertiary/aromatic N) is 2. The maximum absolute atomic E-state index is 10.2. The second-order valence-corrected chi connectivity index (χ2v) is 15.7. The zero-order valence-electron chi connectivity index (χ0n) is 10.9. The normalized spacial score (nSPS) is 13.2. The lowest BCUT2D eigenvalue weighted by molar-refractivity contribution is -0.107. The van der Waals surface area contributed by atoms with Gasteiger partial charge in [-0.2, -0.15) is 0 Å². The lowest BCUT2D eigenvalue weighted by Gasteiger charge is -2.41. The number of carbonyl (C=O) groups is 1. The van der Waals surface area contributed by atoms with Crippen LogP contribution in [0.4, 0.5) is 0 Å². The Hall–Kier alpha value is -0.426. The van der Waals surface area contributed by atoms with Gasteiger partial charge in [-0.15, -0.1) is 0 Å². The van der Waals surface area contributed by atoms with E-state index >= 15 is 0 Å². The van der Waals surface area contributed by atoms with Crippen LogP contribution in [0.5, 0.6) is 0 Å². The van der Waals surface area contributed by atoms with Gasteiger partial charge in [-0.25, -0.2) is 5.10 Å². The molecule has 0 unspecified atom stereocenters. The Bertz CT molecular complexity index is 215. The Balaban J connectivity index is 4.54. The van der Waals surface area contributed by atoms with Gasteiger partial charge in [0.05, 0.1) is 0 Å². The number of hydrogen-bond donors (Lipinski definition) is 0. The molecule has 0 rings (SSSR count). The van der Waals surface area contributed by atoms with E-state index in [0.29, 0.717) is 6.42 Å². The molecule has 0 atom stereocenters. The van der Waals surface area contributed by atoms with E-state index < -0.39 is 16.5 Å². The third kappa shape index (κ3) is 5.89. The van der Waals surface area contributed by atoms with Crippen LogP contribution >= 0.6 is 0 Å². The van der Waals surface area contributed by atoms with Crippen LogP contribution < -0.4 is 0 Å². The third-order valence-electron chi connectivity index (χ3n) is 1.88. The first-order valence-electron chi connectivity index (χ1n) is 5.46. The van der Waals surface area contributed by atoms with Crippen LogP contribution in [-0.2, 0) is 4.79 Å². The first-order chi connectivity index (χ1) is 6.69. The molecular formula is C10H24N2OSi2. The van der Waals surface area contributed by atoms with E-state index in [0.717, 1.165) is 12.7 Å². The Morgan fingerprint density at radius 2 is 1.47 bits per heavy atom. The molecule has 0 spiro atoms. The van der Waals surface area contributed by atoms with Crippen molar-refractivity contribution in [2.45, 2.75) is 52.1 Å². The largest absolute Gasteiger partial charge is 0.350 e. The highest BCUT2D eigenvalue weighted by Crippen LogP contribution is 2.19. The second kappa shape index (κ2) is 5.60. The quantitative estimate of drug-likeness (QED) is 0.237. The molecule has 0 aromatic carbocycles. The minimum atomic E-state index is -1.37. The Morgan fingerprint density at radius 3 is 1.80 bits per heavy atom. The van der Waals surface area contributed by atoms with Crippen molar-refractivity contribution < 1.29 is 4.79 Å². The number of hydrogen-bond acceptors (Lipinski definition) is 3. The highest BCUT2D eigenvalue weighted by atomic mass is 28.4. The summed E-state index contributed by atoms with van der Waals surface area (Å²) in [7, 11) is -2.75. The number of unbranched alkanes of at least 4 members (excludes halogenated alkanes) is 1. The average molecular weight is 244 g/mol. The Morgan fingerprint density at radius 1 is 1.00 bits per heavy atom. The van der Waals surface area contributed by atoms with E-state index in [4.69, 9.17) is 0 Å². The average Bonchev–Trinajstić information content (AvgIpc) is 1.99. The van der Waals surface area contributed by atoms with Crippen molar-refractivity contribution in [2.75, 3.05) is 0 Å². The van der Waals surface area contributed by atoms with Crippen LogP contribution in [0, 0.1) is 0 Å². The van der Waals surface area contributed by atoms with E-state index in [2.05, 4.69) is 48.7 Å². The molecule has 5 heteroatoms. The van der Waals surface area contributed by atoms with Gasteiger partial charge in [-0.3, -0.25) is 0 Å². The van der Waals surface area contributed by atoms with E-state index in [9.17, 15) is 4.79 Å². The lowest BCUT2D eigenvalue weighted by atomic mass is 10.4. The van der Waals surface area contributed by atoms with Gasteiger partial charge >= 0.3 is 0 Å². The van der Waals surface area contributed by atoms with Gasteiger partial charge in [-0.05, 0) is 6.42 Å². The Labute approximate surface area is 95.7 Å². The summed E-state index contributed by atoms with van der Waals surface area (Å²) in [5.41, 5.74) is 0. The standard InChI is InChI=1S/C10H24N2OSi2/c1-14(2,3)12(15(4,5)6)11-9-7-8-10-13/h9-10H,7-8H2,1-6H3/b11-9+. The summed E-state index contributed by atoms with van der Waals surface area (Å²) in [5, 5.41) is 4.58. The molecule has 3 nitrogen and oxygen atoms in total. The molecule has 0 saturated carbocycles. The van der Waals surface area contributed by atoms with Crippen LogP contribution in [0.25, 0.3) is 0 Å². The molecule has 0 saturated heterocycles. The third-order valence-corrected chi connectivity index (χ3v) is 8.68. The maximum atomic E-state index is 10.2. The van der Waals surface area contributed by atoms with Crippen LogP contribution in [0.1, 0.15) is 12.8 Å². The van der Waals surface area contributed by atoms with Gasteiger partial charge in [0, 0.05) is 12.6 Å². The molecule has 0 radical (unpaired) electrons. The molecule has 15 heavy (non-hydrogen) atoms. The topological polar surface area (TPSA) is 32.7 Å². The molecule has 0 fully saturated rings. The predicted octanol–water partition coefficient (Wildman–Crippen LogP) is 2.92. The number of rotatable bonds is 6. The predicted molar refractivity (Wildman–Crippen MR) is 72.3 cm³/mol. The first-order valence-corrected chi connectivity index (χ1v) is 12.4. The molecule has 0 aliphatic rings. The Kier molecular flexibility index (Phi) is 5.44. The zero-order valence-corrected chi connectivity index (χ0v) is 12.9. The first kappa shape index (κ1) is 14.6. The fourth-order valence-electron chi connectivity index (χ4n) is 1.63. The van der Waals surface area contributed by atoms with Gasteiger partial charge in [0.1, 0.15) is 6.29 Å². The van der Waals surface area contributed by atoms with E-state index in [1.165, 1.54) is 0 Å². The fourth-order valence-corrected chi connectivity index (χ4v) is 10.5. The maximum Gasteiger partial charge on any atom is 0.158 e. The minimum Gasteiger partial charge on any atom is -0.350 e. The summed E-state index contributed by atoms with van der Waals surface area (Å²) in [5.74, 6) is 0. The van der Waals surface area contributed by atoms with E-state index in [-0.39, 0.29) is 0 Å².